The maximum Gasteiger partial charge on any atom is 0.239 e. The van der Waals surface area contributed by atoms with Crippen LogP contribution in [0.4, 0.5) is 0 Å². The highest BCUT2D eigenvalue weighted by molar-refractivity contribution is 5.85. The Balaban J connectivity index is 0.00000112. The molecule has 2 atom stereocenters. The molecule has 2 aliphatic rings. The van der Waals surface area contributed by atoms with E-state index in [1.807, 2.05) is 4.90 Å². The van der Waals surface area contributed by atoms with Crippen molar-refractivity contribution in [1.82, 2.24) is 10.2 Å². The van der Waals surface area contributed by atoms with Gasteiger partial charge in [0.25, 0.3) is 0 Å². The number of likely N-dealkylation sites (tertiary alicyclic amines) is 1. The van der Waals surface area contributed by atoms with Gasteiger partial charge in [-0.15, -0.1) is 12.4 Å². The van der Waals surface area contributed by atoms with E-state index in [0.29, 0.717) is 18.4 Å². The maximum atomic E-state index is 11.9. The van der Waals surface area contributed by atoms with Gasteiger partial charge < -0.3 is 16.0 Å². The topological polar surface area (TPSA) is 58.4 Å². The van der Waals surface area contributed by atoms with Crippen LogP contribution in [0.2, 0.25) is 0 Å². The normalized spacial score (nSPS) is 30.3. The van der Waals surface area contributed by atoms with Crippen molar-refractivity contribution < 1.29 is 4.79 Å². The van der Waals surface area contributed by atoms with Gasteiger partial charge in [-0.05, 0) is 38.3 Å². The van der Waals surface area contributed by atoms with Crippen molar-refractivity contribution in [1.29, 1.82) is 0 Å². The van der Waals surface area contributed by atoms with Gasteiger partial charge in [-0.1, -0.05) is 0 Å². The molecule has 3 N–H and O–H groups in total. The van der Waals surface area contributed by atoms with E-state index in [9.17, 15) is 4.79 Å². The summed E-state index contributed by atoms with van der Waals surface area (Å²) in [6.07, 6.45) is 3.21. The Bertz CT molecular complexity index is 219. The zero-order chi connectivity index (χ0) is 9.97. The van der Waals surface area contributed by atoms with Gasteiger partial charge in [0.1, 0.15) is 0 Å². The minimum Gasteiger partial charge on any atom is -0.341 e. The van der Waals surface area contributed by atoms with Crippen LogP contribution in [-0.2, 0) is 4.79 Å². The van der Waals surface area contributed by atoms with Crippen molar-refractivity contribution in [2.24, 2.45) is 11.7 Å². The van der Waals surface area contributed by atoms with E-state index in [0.717, 1.165) is 38.9 Å². The number of rotatable bonds is 2. The fraction of sp³-hybridized carbons (Fsp3) is 0.900. The predicted octanol–water partition coefficient (Wildman–Crippen LogP) is -0.0326. The SMILES string of the molecule is Cl.NCC1CCN(C(=O)[C@@H]2CCCN2)C1. The zero-order valence-electron chi connectivity index (χ0n) is 8.95. The van der Waals surface area contributed by atoms with E-state index in [4.69, 9.17) is 5.73 Å². The molecule has 0 radical (unpaired) electrons. The molecule has 0 spiro atoms. The molecule has 0 aromatic rings. The average molecular weight is 234 g/mol. The summed E-state index contributed by atoms with van der Waals surface area (Å²) in [7, 11) is 0. The van der Waals surface area contributed by atoms with Gasteiger partial charge in [0, 0.05) is 13.1 Å². The summed E-state index contributed by atoms with van der Waals surface area (Å²) < 4.78 is 0. The summed E-state index contributed by atoms with van der Waals surface area (Å²) in [6, 6.07) is 0.0894. The van der Waals surface area contributed by atoms with Crippen molar-refractivity contribution in [2.75, 3.05) is 26.2 Å². The van der Waals surface area contributed by atoms with Crippen LogP contribution in [0.5, 0.6) is 0 Å². The third-order valence-corrected chi connectivity index (χ3v) is 3.29. The number of halogens is 1. The second-order valence-corrected chi connectivity index (χ2v) is 4.32. The first-order valence-corrected chi connectivity index (χ1v) is 5.53. The van der Waals surface area contributed by atoms with Crippen molar-refractivity contribution in [3.63, 3.8) is 0 Å². The van der Waals surface area contributed by atoms with Crippen molar-refractivity contribution in [3.05, 3.63) is 0 Å². The maximum absolute atomic E-state index is 11.9. The van der Waals surface area contributed by atoms with Gasteiger partial charge in [0.2, 0.25) is 5.91 Å². The number of nitrogens with one attached hydrogen (secondary N) is 1. The Kier molecular flexibility index (Phi) is 4.83. The Morgan fingerprint density at radius 3 is 2.80 bits per heavy atom. The molecule has 1 unspecified atom stereocenters. The van der Waals surface area contributed by atoms with Crippen LogP contribution >= 0.6 is 12.4 Å². The molecule has 0 aromatic carbocycles. The molecule has 0 aromatic heterocycles. The smallest absolute Gasteiger partial charge is 0.239 e. The highest BCUT2D eigenvalue weighted by atomic mass is 35.5. The van der Waals surface area contributed by atoms with E-state index < -0.39 is 0 Å². The number of nitrogens with zero attached hydrogens (tertiary/aromatic N) is 1. The monoisotopic (exact) mass is 233 g/mol. The van der Waals surface area contributed by atoms with Crippen LogP contribution in [0, 0.1) is 5.92 Å². The van der Waals surface area contributed by atoms with Crippen LogP contribution in [0.25, 0.3) is 0 Å². The number of nitrogens with two attached hydrogens (primary N) is 1. The third kappa shape index (κ3) is 2.83. The average Bonchev–Trinajstić information content (AvgIpc) is 2.88. The molecule has 4 nitrogen and oxygen atoms in total. The number of carbonyl (C=O) groups is 1. The number of hydrogen-bond donors (Lipinski definition) is 2. The summed E-state index contributed by atoms with van der Waals surface area (Å²) in [4.78, 5) is 13.9. The van der Waals surface area contributed by atoms with E-state index in [2.05, 4.69) is 5.32 Å². The standard InChI is InChI=1S/C10H19N3O.ClH/c11-6-8-3-5-13(7-8)10(14)9-2-1-4-12-9;/h8-9,12H,1-7,11H2;1H/t8?,9-;/m0./s1. The molecule has 0 saturated carbocycles. The van der Waals surface area contributed by atoms with Crippen LogP contribution in [0.1, 0.15) is 19.3 Å². The Morgan fingerprint density at radius 2 is 2.27 bits per heavy atom. The van der Waals surface area contributed by atoms with E-state index >= 15 is 0 Å². The minimum atomic E-state index is 0. The Labute approximate surface area is 97.0 Å². The second-order valence-electron chi connectivity index (χ2n) is 4.32. The first-order chi connectivity index (χ1) is 6.81. The van der Waals surface area contributed by atoms with E-state index in [1.54, 1.807) is 0 Å². The molecule has 1 amide bonds. The molecule has 2 saturated heterocycles. The summed E-state index contributed by atoms with van der Waals surface area (Å²) in [5.41, 5.74) is 5.60. The zero-order valence-corrected chi connectivity index (χ0v) is 9.76. The lowest BCUT2D eigenvalue weighted by Gasteiger charge is -2.20. The minimum absolute atomic E-state index is 0. The predicted molar refractivity (Wildman–Crippen MR) is 62.0 cm³/mol. The summed E-state index contributed by atoms with van der Waals surface area (Å²) in [5, 5.41) is 3.24. The first kappa shape index (κ1) is 12.7. The third-order valence-electron chi connectivity index (χ3n) is 3.29. The van der Waals surface area contributed by atoms with Crippen molar-refractivity contribution in [2.45, 2.75) is 25.3 Å². The molecule has 2 rings (SSSR count). The fourth-order valence-electron chi connectivity index (χ4n) is 2.34. The van der Waals surface area contributed by atoms with Gasteiger partial charge in [-0.3, -0.25) is 4.79 Å². The molecule has 2 heterocycles. The van der Waals surface area contributed by atoms with Gasteiger partial charge in [0.15, 0.2) is 0 Å². The molecular formula is C10H20ClN3O. The lowest BCUT2D eigenvalue weighted by Crippen LogP contribution is -2.42. The van der Waals surface area contributed by atoms with Gasteiger partial charge >= 0.3 is 0 Å². The Hall–Kier alpha value is -0.320. The van der Waals surface area contributed by atoms with Crippen LogP contribution in [0.3, 0.4) is 0 Å². The molecule has 0 aliphatic carbocycles. The molecule has 0 bridgehead atoms. The van der Waals surface area contributed by atoms with E-state index in [1.165, 1.54) is 0 Å². The number of amides is 1. The van der Waals surface area contributed by atoms with E-state index in [-0.39, 0.29) is 18.4 Å². The lowest BCUT2D eigenvalue weighted by atomic mass is 10.1. The molecule has 15 heavy (non-hydrogen) atoms. The lowest BCUT2D eigenvalue weighted by molar-refractivity contribution is -0.132. The molecule has 88 valence electrons. The van der Waals surface area contributed by atoms with Crippen molar-refractivity contribution in [3.8, 4) is 0 Å². The van der Waals surface area contributed by atoms with Crippen molar-refractivity contribution >= 4 is 18.3 Å². The fourth-order valence-corrected chi connectivity index (χ4v) is 2.34. The summed E-state index contributed by atoms with van der Waals surface area (Å²) in [6.45, 7) is 3.47. The highest BCUT2D eigenvalue weighted by Crippen LogP contribution is 2.18. The number of carbonyl (C=O) groups excluding carboxylic acids is 1. The van der Waals surface area contributed by atoms with Gasteiger partial charge in [-0.25, -0.2) is 0 Å². The van der Waals surface area contributed by atoms with Crippen LogP contribution in [0.15, 0.2) is 0 Å². The van der Waals surface area contributed by atoms with Gasteiger partial charge in [-0.2, -0.15) is 0 Å². The first-order valence-electron chi connectivity index (χ1n) is 5.53. The van der Waals surface area contributed by atoms with Crippen LogP contribution in [-0.4, -0.2) is 43.0 Å². The molecule has 5 heteroatoms. The summed E-state index contributed by atoms with van der Waals surface area (Å²) in [5.74, 6) is 0.818. The largest absolute Gasteiger partial charge is 0.341 e. The van der Waals surface area contributed by atoms with Gasteiger partial charge in [0.05, 0.1) is 6.04 Å². The molecular weight excluding hydrogens is 214 g/mol. The van der Waals surface area contributed by atoms with Crippen LogP contribution < -0.4 is 11.1 Å². The second kappa shape index (κ2) is 5.68. The molecule has 2 aliphatic heterocycles. The Morgan fingerprint density at radius 1 is 1.47 bits per heavy atom. The highest BCUT2D eigenvalue weighted by Gasteiger charge is 2.31. The summed E-state index contributed by atoms with van der Waals surface area (Å²) >= 11 is 0. The molecule has 2 fully saturated rings. The quantitative estimate of drug-likeness (QED) is 0.704. The number of hydrogen-bond acceptors (Lipinski definition) is 3.